The topological polar surface area (TPSA) is 78.2 Å². The second kappa shape index (κ2) is 8.25. The average Bonchev–Trinajstić information content (AvgIpc) is 3.66. The quantitative estimate of drug-likeness (QED) is 0.439. The van der Waals surface area contributed by atoms with E-state index in [1.807, 2.05) is 62.6 Å². The summed E-state index contributed by atoms with van der Waals surface area (Å²) < 4.78 is 20.3. The molecule has 182 valence electrons. The van der Waals surface area contributed by atoms with Gasteiger partial charge < -0.3 is 19.1 Å². The molecule has 0 spiro atoms. The van der Waals surface area contributed by atoms with Crippen molar-refractivity contribution >= 4 is 42.9 Å². The van der Waals surface area contributed by atoms with Gasteiger partial charge in [-0.25, -0.2) is 4.98 Å². The van der Waals surface area contributed by atoms with Crippen LogP contribution in [0.2, 0.25) is 0 Å². The van der Waals surface area contributed by atoms with Crippen molar-refractivity contribution in [2.24, 2.45) is 0 Å². The van der Waals surface area contributed by atoms with Gasteiger partial charge >= 0.3 is 0 Å². The Morgan fingerprint density at radius 1 is 1.00 bits per heavy atom. The number of ether oxygens (including phenoxy) is 3. The van der Waals surface area contributed by atoms with Crippen LogP contribution in [0.4, 0.5) is 5.82 Å². The van der Waals surface area contributed by atoms with Crippen LogP contribution in [0.3, 0.4) is 0 Å². The van der Waals surface area contributed by atoms with Gasteiger partial charge in [-0.05, 0) is 49.4 Å². The molecule has 2 fully saturated rings. The molecule has 8 nitrogen and oxygen atoms in total. The molecule has 4 heterocycles. The van der Waals surface area contributed by atoms with Gasteiger partial charge in [0.15, 0.2) is 23.0 Å². The minimum atomic E-state index is -0.453. The van der Waals surface area contributed by atoms with E-state index in [0.717, 1.165) is 73.0 Å². The molecule has 0 radical (unpaired) electrons. The fourth-order valence-corrected chi connectivity index (χ4v) is 4.99. The highest BCUT2D eigenvalue weighted by molar-refractivity contribution is 6.53. The summed E-state index contributed by atoms with van der Waals surface area (Å²) >= 11 is 0. The van der Waals surface area contributed by atoms with Crippen molar-refractivity contribution in [2.75, 3.05) is 18.0 Å². The van der Waals surface area contributed by atoms with Gasteiger partial charge in [-0.2, -0.15) is 4.52 Å². The molecule has 36 heavy (non-hydrogen) atoms. The summed E-state index contributed by atoms with van der Waals surface area (Å²) in [7, 11) is 8.16. The number of fused-ring (bicyclic) bond motifs is 2. The first kappa shape index (κ1) is 23.4. The van der Waals surface area contributed by atoms with Gasteiger partial charge in [0, 0.05) is 43.8 Å². The number of rotatable bonds is 4. The molecule has 1 aliphatic carbocycles. The maximum Gasteiger partial charge on any atom is 0.277 e. The van der Waals surface area contributed by atoms with Gasteiger partial charge in [0.2, 0.25) is 0 Å². The lowest BCUT2D eigenvalue weighted by molar-refractivity contribution is 0.0609. The van der Waals surface area contributed by atoms with Crippen molar-refractivity contribution in [3.63, 3.8) is 0 Å². The van der Waals surface area contributed by atoms with Gasteiger partial charge in [-0.15, -0.1) is 5.10 Å². The van der Waals surface area contributed by atoms with Crippen molar-refractivity contribution in [2.45, 2.75) is 55.4 Å². The summed E-state index contributed by atoms with van der Waals surface area (Å²) in [6, 6.07) is 7.78. The average molecular weight is 482 g/mol. The molecule has 3 aliphatic rings. The van der Waals surface area contributed by atoms with Gasteiger partial charge in [-0.3, -0.25) is 4.79 Å². The molecule has 0 bridgehead atoms. The van der Waals surface area contributed by atoms with E-state index in [9.17, 15) is 4.79 Å². The van der Waals surface area contributed by atoms with Crippen LogP contribution >= 0.6 is 0 Å². The Morgan fingerprint density at radius 3 is 2.39 bits per heavy atom. The zero-order chi connectivity index (χ0) is 25.2. The van der Waals surface area contributed by atoms with E-state index in [4.69, 9.17) is 19.3 Å². The smallest absolute Gasteiger partial charge is 0.277 e. The van der Waals surface area contributed by atoms with Crippen molar-refractivity contribution in [3.8, 4) is 17.2 Å². The van der Waals surface area contributed by atoms with Crippen LogP contribution in [0, 0.1) is 6.92 Å². The minimum absolute atomic E-state index is 0.0351. The first-order valence-corrected chi connectivity index (χ1v) is 12.9. The molecule has 1 aromatic carbocycles. The summed E-state index contributed by atoms with van der Waals surface area (Å²) in [5.74, 6) is 3.45. The number of piperidine rings is 1. The summed E-state index contributed by atoms with van der Waals surface area (Å²) in [4.78, 5) is 19.7. The van der Waals surface area contributed by atoms with E-state index in [1.165, 1.54) is 4.52 Å². The van der Waals surface area contributed by atoms with E-state index in [1.54, 1.807) is 6.20 Å². The summed E-state index contributed by atoms with van der Waals surface area (Å²) in [5.41, 5.74) is 2.38. The third kappa shape index (κ3) is 4.04. The molecule has 0 N–H and O–H groups in total. The predicted octanol–water partition coefficient (Wildman–Crippen LogP) is -1.07. The highest BCUT2D eigenvalue weighted by atomic mass is 16.6. The fourth-order valence-electron chi connectivity index (χ4n) is 4.99. The number of hydrogen-bond acceptors (Lipinski definition) is 7. The molecule has 2 aliphatic heterocycles. The lowest BCUT2D eigenvalue weighted by Crippen LogP contribution is -2.65. The molecular weight excluding hydrogens is 452 g/mol. The molecule has 0 atom stereocenters. The second-order valence-electron chi connectivity index (χ2n) is 11.4. The lowest BCUT2D eigenvalue weighted by Gasteiger charge is -2.47. The largest absolute Gasteiger partial charge is 0.499 e. The minimum Gasteiger partial charge on any atom is -0.499 e. The van der Waals surface area contributed by atoms with Crippen LogP contribution in [0.5, 0.6) is 17.2 Å². The molecule has 1 saturated carbocycles. The third-order valence-electron chi connectivity index (χ3n) is 8.04. The van der Waals surface area contributed by atoms with Gasteiger partial charge in [0.25, 0.3) is 5.56 Å². The van der Waals surface area contributed by atoms with Crippen LogP contribution in [0.25, 0.3) is 5.65 Å². The number of aryl methyl sites for hydroxylation is 1. The number of aromatic nitrogens is 3. The second-order valence-corrected chi connectivity index (χ2v) is 11.4. The first-order valence-electron chi connectivity index (χ1n) is 12.9. The molecule has 1 saturated heterocycles. The van der Waals surface area contributed by atoms with Crippen molar-refractivity contribution < 1.29 is 14.2 Å². The normalized spacial score (nSPS) is 20.9. The maximum absolute atomic E-state index is 13.0. The highest BCUT2D eigenvalue weighted by Crippen LogP contribution is 2.41. The fraction of sp³-hybridized carbons (Fsp3) is 0.458. The van der Waals surface area contributed by atoms with E-state index in [-0.39, 0.29) is 11.7 Å². The van der Waals surface area contributed by atoms with Gasteiger partial charge in [0.1, 0.15) is 43.2 Å². The number of benzene rings is 1. The Labute approximate surface area is 214 Å². The Bertz CT molecular complexity index is 1400. The first-order chi connectivity index (χ1) is 17.1. The zero-order valence-electron chi connectivity index (χ0n) is 21.7. The SMILES string of the molecule is BC1(B)Oc2ccc(OC3CCN(c4nn5c(=O)c(C6CC6)cnc5cc4C)CC3)cc2OC1(B)B. The van der Waals surface area contributed by atoms with Crippen LogP contribution in [-0.2, 0) is 0 Å². The van der Waals surface area contributed by atoms with Gasteiger partial charge in [0.05, 0.1) is 10.8 Å². The van der Waals surface area contributed by atoms with Crippen LogP contribution in [-0.4, -0.2) is 76.0 Å². The molecule has 6 rings (SSSR count). The maximum atomic E-state index is 13.0. The molecular formula is C24H30B4N4O4. The van der Waals surface area contributed by atoms with Crippen LogP contribution < -0.4 is 24.7 Å². The summed E-state index contributed by atoms with van der Waals surface area (Å²) in [6.07, 6.45) is 5.68. The van der Waals surface area contributed by atoms with E-state index in [0.29, 0.717) is 11.6 Å². The van der Waals surface area contributed by atoms with Crippen LogP contribution in [0.1, 0.15) is 42.7 Å². The number of nitrogens with zero attached hydrogens (tertiary/aromatic N) is 4. The molecule has 0 amide bonds. The van der Waals surface area contributed by atoms with Gasteiger partial charge in [-0.1, -0.05) is 0 Å². The summed E-state index contributed by atoms with van der Waals surface area (Å²) in [6.45, 7) is 3.64. The monoisotopic (exact) mass is 482 g/mol. The van der Waals surface area contributed by atoms with Crippen molar-refractivity contribution in [3.05, 3.63) is 51.9 Å². The highest BCUT2D eigenvalue weighted by Gasteiger charge is 2.44. The molecule has 0 unspecified atom stereocenters. The summed E-state index contributed by atoms with van der Waals surface area (Å²) in [5, 5.41) is 3.87. The molecule has 2 aromatic heterocycles. The Morgan fingerprint density at radius 2 is 1.69 bits per heavy atom. The van der Waals surface area contributed by atoms with Crippen molar-refractivity contribution in [1.29, 1.82) is 0 Å². The Hall–Kier alpha value is -3.03. The van der Waals surface area contributed by atoms with E-state index < -0.39 is 10.8 Å². The zero-order valence-corrected chi connectivity index (χ0v) is 21.7. The third-order valence-corrected chi connectivity index (χ3v) is 8.04. The standard InChI is InChI=1S/C24H30B4N4O4/c1-13-10-20-29-12-17(14-2-3-14)22(33)32(20)30-21(13)31-8-6-15(7-9-31)34-16-4-5-18-19(11-16)36-24(27,28)23(25,26)35-18/h4-5,10-12,14-15H,2-3,6-9,25-28H2,1H3. The van der Waals surface area contributed by atoms with E-state index >= 15 is 0 Å². The predicted molar refractivity (Wildman–Crippen MR) is 149 cm³/mol. The lowest BCUT2D eigenvalue weighted by atomic mass is 9.41. The molecule has 12 heteroatoms. The Kier molecular flexibility index (Phi) is 5.36. The molecule has 3 aromatic rings. The van der Waals surface area contributed by atoms with Crippen LogP contribution in [0.15, 0.2) is 35.3 Å². The Balaban J connectivity index is 1.16. The van der Waals surface area contributed by atoms with E-state index in [2.05, 4.69) is 9.88 Å². The number of anilines is 1. The number of hydrogen-bond donors (Lipinski definition) is 0. The van der Waals surface area contributed by atoms with Crippen molar-refractivity contribution in [1.82, 2.24) is 14.6 Å².